The van der Waals surface area contributed by atoms with Gasteiger partial charge in [0.05, 0.1) is 17.9 Å². The third kappa shape index (κ3) is 3.17. The molecule has 23 heavy (non-hydrogen) atoms. The Labute approximate surface area is 135 Å². The van der Waals surface area contributed by atoms with Crippen molar-refractivity contribution < 1.29 is 19.1 Å². The van der Waals surface area contributed by atoms with Crippen LogP contribution in [0.5, 0.6) is 0 Å². The molecule has 1 aromatic carbocycles. The fraction of sp³-hybridized carbons (Fsp3) is 0.529. The molecule has 0 aromatic heterocycles. The molecule has 3 rings (SSSR count). The molecule has 1 unspecified atom stereocenters. The standard InChI is InChI=1S/C17H22N2O4/c1-17(2)16(21)19(13-7-4-3-6-12(13)18-17)9-11-23-15(20)14-8-5-10-22-14/h3-4,6-7,14,18H,5,8-11H2,1-2H3. The second kappa shape index (κ2) is 6.20. The molecule has 6 nitrogen and oxygen atoms in total. The predicted molar refractivity (Wildman–Crippen MR) is 86.4 cm³/mol. The predicted octanol–water partition coefficient (Wildman–Crippen LogP) is 1.95. The number of carbonyl (C=O) groups excluding carboxylic acids is 2. The Bertz CT molecular complexity index is 608. The number of fused-ring (bicyclic) bond motifs is 1. The number of hydrogen-bond donors (Lipinski definition) is 1. The van der Waals surface area contributed by atoms with Crippen LogP contribution in [0.4, 0.5) is 11.4 Å². The van der Waals surface area contributed by atoms with Crippen LogP contribution in [-0.4, -0.2) is 43.3 Å². The molecule has 0 bridgehead atoms. The van der Waals surface area contributed by atoms with E-state index in [2.05, 4.69) is 5.32 Å². The van der Waals surface area contributed by atoms with E-state index in [1.54, 1.807) is 4.90 Å². The molecule has 0 saturated carbocycles. The lowest BCUT2D eigenvalue weighted by Crippen LogP contribution is -2.54. The summed E-state index contributed by atoms with van der Waals surface area (Å²) in [7, 11) is 0. The normalized spacial score (nSPS) is 22.4. The van der Waals surface area contributed by atoms with E-state index in [1.807, 2.05) is 38.1 Å². The van der Waals surface area contributed by atoms with Gasteiger partial charge in [-0.3, -0.25) is 4.79 Å². The van der Waals surface area contributed by atoms with Gasteiger partial charge in [0.15, 0.2) is 6.10 Å². The number of hydrogen-bond acceptors (Lipinski definition) is 5. The summed E-state index contributed by atoms with van der Waals surface area (Å²) in [4.78, 5) is 26.2. The number of anilines is 2. The minimum Gasteiger partial charge on any atom is -0.462 e. The van der Waals surface area contributed by atoms with Crippen LogP contribution in [0.15, 0.2) is 24.3 Å². The van der Waals surface area contributed by atoms with E-state index in [0.717, 1.165) is 17.8 Å². The number of nitrogens with zero attached hydrogens (tertiary/aromatic N) is 1. The Morgan fingerprint density at radius 1 is 1.43 bits per heavy atom. The van der Waals surface area contributed by atoms with Crippen molar-refractivity contribution in [3.8, 4) is 0 Å². The van der Waals surface area contributed by atoms with Crippen molar-refractivity contribution in [3.05, 3.63) is 24.3 Å². The van der Waals surface area contributed by atoms with Crippen LogP contribution < -0.4 is 10.2 Å². The molecule has 2 aliphatic rings. The van der Waals surface area contributed by atoms with Gasteiger partial charge < -0.3 is 19.7 Å². The van der Waals surface area contributed by atoms with Gasteiger partial charge in [-0.1, -0.05) is 12.1 Å². The van der Waals surface area contributed by atoms with Gasteiger partial charge in [0.2, 0.25) is 0 Å². The van der Waals surface area contributed by atoms with Crippen molar-refractivity contribution >= 4 is 23.3 Å². The number of para-hydroxylation sites is 2. The summed E-state index contributed by atoms with van der Waals surface area (Å²) in [6, 6.07) is 7.64. The van der Waals surface area contributed by atoms with Crippen molar-refractivity contribution in [1.29, 1.82) is 0 Å². The van der Waals surface area contributed by atoms with Crippen molar-refractivity contribution in [2.45, 2.75) is 38.3 Å². The Balaban J connectivity index is 1.66. The fourth-order valence-electron chi connectivity index (χ4n) is 2.97. The number of carbonyl (C=O) groups is 2. The van der Waals surface area contributed by atoms with E-state index in [-0.39, 0.29) is 18.5 Å². The monoisotopic (exact) mass is 318 g/mol. The summed E-state index contributed by atoms with van der Waals surface area (Å²) in [5, 5.41) is 3.24. The molecule has 1 saturated heterocycles. The summed E-state index contributed by atoms with van der Waals surface area (Å²) >= 11 is 0. The zero-order valence-electron chi connectivity index (χ0n) is 13.5. The van der Waals surface area contributed by atoms with Gasteiger partial charge in [-0.05, 0) is 38.8 Å². The smallest absolute Gasteiger partial charge is 0.335 e. The van der Waals surface area contributed by atoms with Gasteiger partial charge >= 0.3 is 5.97 Å². The minimum absolute atomic E-state index is 0.0376. The molecule has 0 radical (unpaired) electrons. The number of amides is 1. The van der Waals surface area contributed by atoms with Gasteiger partial charge in [0.1, 0.15) is 12.1 Å². The molecule has 1 atom stereocenters. The van der Waals surface area contributed by atoms with Gasteiger partial charge in [-0.25, -0.2) is 4.79 Å². The molecule has 1 N–H and O–H groups in total. The van der Waals surface area contributed by atoms with E-state index in [9.17, 15) is 9.59 Å². The summed E-state index contributed by atoms with van der Waals surface area (Å²) in [6.45, 7) is 4.79. The van der Waals surface area contributed by atoms with E-state index in [4.69, 9.17) is 9.47 Å². The first-order valence-electron chi connectivity index (χ1n) is 7.96. The van der Waals surface area contributed by atoms with Crippen LogP contribution in [0.25, 0.3) is 0 Å². The van der Waals surface area contributed by atoms with E-state index < -0.39 is 11.6 Å². The SMILES string of the molecule is CC1(C)Nc2ccccc2N(CCOC(=O)C2CCCO2)C1=O. The minimum atomic E-state index is -0.688. The third-order valence-electron chi connectivity index (χ3n) is 4.17. The molecule has 2 heterocycles. The number of esters is 1. The molecule has 124 valence electrons. The van der Waals surface area contributed by atoms with Crippen molar-refractivity contribution in [3.63, 3.8) is 0 Å². The lowest BCUT2D eigenvalue weighted by atomic mass is 9.98. The van der Waals surface area contributed by atoms with E-state index >= 15 is 0 Å². The zero-order chi connectivity index (χ0) is 16.4. The fourth-order valence-corrected chi connectivity index (χ4v) is 2.97. The van der Waals surface area contributed by atoms with Crippen LogP contribution in [-0.2, 0) is 19.1 Å². The zero-order valence-corrected chi connectivity index (χ0v) is 13.5. The van der Waals surface area contributed by atoms with Crippen LogP contribution >= 0.6 is 0 Å². The summed E-state index contributed by atoms with van der Waals surface area (Å²) in [6.07, 6.45) is 1.15. The Hall–Kier alpha value is -2.08. The molecule has 1 fully saturated rings. The van der Waals surface area contributed by atoms with Gasteiger partial charge in [0.25, 0.3) is 5.91 Å². The van der Waals surface area contributed by atoms with Gasteiger partial charge in [-0.2, -0.15) is 0 Å². The topological polar surface area (TPSA) is 67.9 Å². The first-order chi connectivity index (χ1) is 11.0. The highest BCUT2D eigenvalue weighted by Gasteiger charge is 2.38. The van der Waals surface area contributed by atoms with Crippen molar-refractivity contribution in [1.82, 2.24) is 0 Å². The Morgan fingerprint density at radius 2 is 2.22 bits per heavy atom. The average Bonchev–Trinajstić information content (AvgIpc) is 3.05. The molecule has 1 aromatic rings. The lowest BCUT2D eigenvalue weighted by molar-refractivity contribution is -0.154. The summed E-state index contributed by atoms with van der Waals surface area (Å²) < 4.78 is 10.6. The average molecular weight is 318 g/mol. The summed E-state index contributed by atoms with van der Waals surface area (Å²) in [5.41, 5.74) is 1.03. The van der Waals surface area contributed by atoms with Crippen LogP contribution in [0.3, 0.4) is 0 Å². The maximum absolute atomic E-state index is 12.6. The largest absolute Gasteiger partial charge is 0.462 e. The first kappa shape index (κ1) is 15.8. The molecular weight excluding hydrogens is 296 g/mol. The maximum atomic E-state index is 12.6. The second-order valence-corrected chi connectivity index (χ2v) is 6.39. The van der Waals surface area contributed by atoms with Crippen LogP contribution in [0, 0.1) is 0 Å². The highest BCUT2D eigenvalue weighted by Crippen LogP contribution is 2.34. The van der Waals surface area contributed by atoms with Crippen LogP contribution in [0.2, 0.25) is 0 Å². The lowest BCUT2D eigenvalue weighted by Gasteiger charge is -2.39. The molecular formula is C17H22N2O4. The van der Waals surface area contributed by atoms with Crippen LogP contribution in [0.1, 0.15) is 26.7 Å². The Kier molecular flexibility index (Phi) is 4.26. The highest BCUT2D eigenvalue weighted by atomic mass is 16.6. The van der Waals surface area contributed by atoms with E-state index in [1.165, 1.54) is 0 Å². The number of ether oxygens (including phenoxy) is 2. The Morgan fingerprint density at radius 3 is 2.96 bits per heavy atom. The van der Waals surface area contributed by atoms with Crippen molar-refractivity contribution in [2.75, 3.05) is 30.0 Å². The number of nitrogens with one attached hydrogen (secondary N) is 1. The highest BCUT2D eigenvalue weighted by molar-refractivity contribution is 6.07. The molecule has 2 aliphatic heterocycles. The molecule has 0 spiro atoms. The number of benzene rings is 1. The molecule has 0 aliphatic carbocycles. The third-order valence-corrected chi connectivity index (χ3v) is 4.17. The van der Waals surface area contributed by atoms with Gasteiger partial charge in [0, 0.05) is 6.61 Å². The van der Waals surface area contributed by atoms with E-state index in [0.29, 0.717) is 19.6 Å². The first-order valence-corrected chi connectivity index (χ1v) is 7.96. The molecule has 1 amide bonds. The second-order valence-electron chi connectivity index (χ2n) is 6.39. The quantitative estimate of drug-likeness (QED) is 0.859. The summed E-state index contributed by atoms with van der Waals surface area (Å²) in [5.74, 6) is -0.373. The van der Waals surface area contributed by atoms with Gasteiger partial charge in [-0.15, -0.1) is 0 Å². The number of rotatable bonds is 4. The molecule has 6 heteroatoms. The van der Waals surface area contributed by atoms with Crippen molar-refractivity contribution in [2.24, 2.45) is 0 Å². The maximum Gasteiger partial charge on any atom is 0.335 e.